The van der Waals surface area contributed by atoms with Crippen LogP contribution in [0.15, 0.2) is 72.8 Å². The van der Waals surface area contributed by atoms with Crippen LogP contribution in [0.2, 0.25) is 0 Å². The van der Waals surface area contributed by atoms with E-state index < -0.39 is 41.9 Å². The number of amides is 3. The Labute approximate surface area is 207 Å². The molecule has 0 saturated heterocycles. The maximum Gasteiger partial charge on any atom is 0.299 e. The van der Waals surface area contributed by atoms with Crippen LogP contribution in [0, 0.1) is 5.82 Å². The molecule has 36 heavy (non-hydrogen) atoms. The van der Waals surface area contributed by atoms with Crippen molar-refractivity contribution in [2.24, 2.45) is 0 Å². The lowest BCUT2D eigenvalue weighted by atomic mass is 10.1. The van der Waals surface area contributed by atoms with Gasteiger partial charge in [0, 0.05) is 12.2 Å². The number of hydrogen-bond donors (Lipinski definition) is 1. The topological polar surface area (TPSA) is 96.0 Å². The molecule has 3 amide bonds. The van der Waals surface area contributed by atoms with Crippen molar-refractivity contribution >= 4 is 34.9 Å². The number of hydrogen-bond acceptors (Lipinski definition) is 5. The zero-order chi connectivity index (χ0) is 25.8. The summed E-state index contributed by atoms with van der Waals surface area (Å²) in [6, 6.07) is 17.8. The highest BCUT2D eigenvalue weighted by atomic mass is 19.1. The maximum absolute atomic E-state index is 13.5. The van der Waals surface area contributed by atoms with Gasteiger partial charge in [0.2, 0.25) is 11.8 Å². The smallest absolute Gasteiger partial charge is 0.299 e. The molecule has 184 valence electrons. The number of methoxy groups -OCH3 is 1. The molecule has 3 aromatic carbocycles. The normalized spacial score (nSPS) is 13.2. The Balaban J connectivity index is 1.57. The molecule has 0 saturated carbocycles. The van der Waals surface area contributed by atoms with Gasteiger partial charge in [0.05, 0.1) is 18.4 Å². The molecule has 1 N–H and O–H groups in total. The van der Waals surface area contributed by atoms with Crippen molar-refractivity contribution in [3.63, 3.8) is 0 Å². The average molecular weight is 490 g/mol. The number of rotatable bonds is 8. The van der Waals surface area contributed by atoms with Crippen LogP contribution >= 0.6 is 0 Å². The van der Waals surface area contributed by atoms with Crippen LogP contribution < -0.4 is 15.0 Å². The molecule has 1 unspecified atom stereocenters. The maximum atomic E-state index is 13.5. The number of ether oxygens (including phenoxy) is 1. The lowest BCUT2D eigenvalue weighted by Crippen LogP contribution is -2.49. The van der Waals surface area contributed by atoms with E-state index in [1.54, 1.807) is 49.4 Å². The molecule has 1 heterocycles. The van der Waals surface area contributed by atoms with Crippen molar-refractivity contribution in [2.75, 3.05) is 23.9 Å². The number of nitrogens with one attached hydrogen (secondary N) is 1. The molecule has 0 aromatic heterocycles. The first-order chi connectivity index (χ1) is 17.3. The fraction of sp³-hybridized carbons (Fsp3) is 0.185. The van der Waals surface area contributed by atoms with E-state index >= 15 is 0 Å². The molecule has 8 nitrogen and oxygen atoms in total. The Morgan fingerprint density at radius 3 is 2.33 bits per heavy atom. The summed E-state index contributed by atoms with van der Waals surface area (Å²) in [7, 11) is 1.53. The Hall–Kier alpha value is -4.53. The SMILES string of the molecule is COc1ccc(NC(=O)C(C)N(Cc2ccc(F)cc2)C(=O)CN2C(=O)C(=O)c3ccccc32)cc1. The summed E-state index contributed by atoms with van der Waals surface area (Å²) < 4.78 is 18.5. The van der Waals surface area contributed by atoms with Gasteiger partial charge in [0.25, 0.3) is 11.7 Å². The standard InChI is InChI=1S/C27H24FN3O5/c1-17(26(34)29-20-11-13-21(36-2)14-12-20)30(15-18-7-9-19(28)10-8-18)24(32)16-31-23-6-4-3-5-22(23)25(33)27(31)35/h3-14,17H,15-16H2,1-2H3,(H,29,34). The van der Waals surface area contributed by atoms with Crippen LogP contribution in [0.25, 0.3) is 0 Å². The van der Waals surface area contributed by atoms with Gasteiger partial charge < -0.3 is 15.0 Å². The second kappa shape index (κ2) is 10.4. The lowest BCUT2D eigenvalue weighted by Gasteiger charge is -2.30. The third-order valence-electron chi connectivity index (χ3n) is 5.96. The van der Waals surface area contributed by atoms with Gasteiger partial charge in [0.1, 0.15) is 24.2 Å². The molecule has 1 aliphatic heterocycles. The van der Waals surface area contributed by atoms with Gasteiger partial charge in [-0.25, -0.2) is 4.39 Å². The van der Waals surface area contributed by atoms with Crippen molar-refractivity contribution in [1.29, 1.82) is 0 Å². The highest BCUT2D eigenvalue weighted by molar-refractivity contribution is 6.52. The molecule has 0 radical (unpaired) electrons. The van der Waals surface area contributed by atoms with Gasteiger partial charge in [-0.2, -0.15) is 0 Å². The predicted molar refractivity (Wildman–Crippen MR) is 131 cm³/mol. The van der Waals surface area contributed by atoms with E-state index in [-0.39, 0.29) is 12.1 Å². The second-order valence-corrected chi connectivity index (χ2v) is 8.28. The van der Waals surface area contributed by atoms with Crippen LogP contribution in [0.3, 0.4) is 0 Å². The van der Waals surface area contributed by atoms with Crippen LogP contribution in [0.5, 0.6) is 5.75 Å². The quantitative estimate of drug-likeness (QED) is 0.489. The third-order valence-corrected chi connectivity index (χ3v) is 5.96. The minimum Gasteiger partial charge on any atom is -0.497 e. The molecule has 0 spiro atoms. The van der Waals surface area contributed by atoms with Crippen LogP contribution in [0.4, 0.5) is 15.8 Å². The molecule has 3 aromatic rings. The molecule has 0 bridgehead atoms. The number of ketones is 1. The first-order valence-electron chi connectivity index (χ1n) is 11.2. The minimum absolute atomic E-state index is 0.00602. The Morgan fingerprint density at radius 1 is 1.00 bits per heavy atom. The van der Waals surface area contributed by atoms with E-state index in [0.29, 0.717) is 22.7 Å². The number of para-hydroxylation sites is 1. The first-order valence-corrected chi connectivity index (χ1v) is 11.2. The second-order valence-electron chi connectivity index (χ2n) is 8.28. The number of carbonyl (C=O) groups is 4. The number of fused-ring (bicyclic) bond motifs is 1. The van der Waals surface area contributed by atoms with Crippen molar-refractivity contribution in [1.82, 2.24) is 4.90 Å². The molecular formula is C27H24FN3O5. The van der Waals surface area contributed by atoms with Crippen molar-refractivity contribution in [3.05, 3.63) is 89.7 Å². The molecule has 1 atom stereocenters. The van der Waals surface area contributed by atoms with Crippen LogP contribution in [-0.2, 0) is 20.9 Å². The molecule has 0 aliphatic carbocycles. The lowest BCUT2D eigenvalue weighted by molar-refractivity contribution is -0.138. The number of Topliss-reactive ketones (excluding diaryl/α,β-unsaturated/α-hetero) is 1. The van der Waals surface area contributed by atoms with Gasteiger partial charge in [-0.15, -0.1) is 0 Å². The van der Waals surface area contributed by atoms with Gasteiger partial charge >= 0.3 is 0 Å². The van der Waals surface area contributed by atoms with Gasteiger partial charge in [-0.05, 0) is 61.0 Å². The zero-order valence-electron chi connectivity index (χ0n) is 19.7. The summed E-state index contributed by atoms with van der Waals surface area (Å²) in [5, 5.41) is 2.77. The van der Waals surface area contributed by atoms with Crippen LogP contribution in [0.1, 0.15) is 22.8 Å². The van der Waals surface area contributed by atoms with Gasteiger partial charge in [-0.3, -0.25) is 24.1 Å². The highest BCUT2D eigenvalue weighted by Gasteiger charge is 2.38. The van der Waals surface area contributed by atoms with E-state index in [0.717, 1.165) is 4.90 Å². The summed E-state index contributed by atoms with van der Waals surface area (Å²) in [5.41, 5.74) is 1.68. The monoisotopic (exact) mass is 489 g/mol. The average Bonchev–Trinajstić information content (AvgIpc) is 3.13. The number of benzene rings is 3. The van der Waals surface area contributed by atoms with E-state index in [1.165, 1.54) is 42.3 Å². The van der Waals surface area contributed by atoms with Crippen molar-refractivity contribution < 1.29 is 28.3 Å². The number of halogens is 1. The Bertz CT molecular complexity index is 1310. The fourth-order valence-corrected chi connectivity index (χ4v) is 3.92. The third kappa shape index (κ3) is 5.10. The van der Waals surface area contributed by atoms with E-state index in [4.69, 9.17) is 4.74 Å². The van der Waals surface area contributed by atoms with Crippen molar-refractivity contribution in [2.45, 2.75) is 19.5 Å². The number of nitrogens with zero attached hydrogens (tertiary/aromatic N) is 2. The fourth-order valence-electron chi connectivity index (χ4n) is 3.92. The first kappa shape index (κ1) is 24.6. The van der Waals surface area contributed by atoms with Gasteiger partial charge in [-0.1, -0.05) is 24.3 Å². The Kier molecular flexibility index (Phi) is 7.10. The largest absolute Gasteiger partial charge is 0.497 e. The minimum atomic E-state index is -0.951. The Morgan fingerprint density at radius 2 is 1.67 bits per heavy atom. The summed E-state index contributed by atoms with van der Waals surface area (Å²) in [6.45, 7) is 1.13. The molecule has 1 aliphatic rings. The highest BCUT2D eigenvalue weighted by Crippen LogP contribution is 2.28. The van der Waals surface area contributed by atoms with Gasteiger partial charge in [0.15, 0.2) is 0 Å². The zero-order valence-corrected chi connectivity index (χ0v) is 19.7. The molecule has 9 heteroatoms. The summed E-state index contributed by atoms with van der Waals surface area (Å²) >= 11 is 0. The number of carbonyl (C=O) groups excluding carboxylic acids is 4. The molecule has 0 fully saturated rings. The molecular weight excluding hydrogens is 465 g/mol. The van der Waals surface area contributed by atoms with Crippen molar-refractivity contribution in [3.8, 4) is 5.75 Å². The molecule has 4 rings (SSSR count). The predicted octanol–water partition coefficient (Wildman–Crippen LogP) is 3.42. The number of anilines is 2. The summed E-state index contributed by atoms with van der Waals surface area (Å²) in [5.74, 6) is -2.30. The summed E-state index contributed by atoms with van der Waals surface area (Å²) in [4.78, 5) is 53.9. The van der Waals surface area contributed by atoms with E-state index in [2.05, 4.69) is 5.32 Å². The van der Waals surface area contributed by atoms with E-state index in [1.807, 2.05) is 0 Å². The van der Waals surface area contributed by atoms with E-state index in [9.17, 15) is 23.6 Å². The summed E-state index contributed by atoms with van der Waals surface area (Å²) in [6.07, 6.45) is 0. The van der Waals surface area contributed by atoms with Crippen LogP contribution in [-0.4, -0.2) is 48.1 Å².